The van der Waals surface area contributed by atoms with E-state index in [0.717, 1.165) is 36.9 Å². The van der Waals surface area contributed by atoms with Crippen LogP contribution in [0.1, 0.15) is 32.0 Å². The van der Waals surface area contributed by atoms with Gasteiger partial charge in [-0.25, -0.2) is 9.78 Å². The SMILES string of the molecule is O=C(O)/C(=C/c1csc(N2CCNCC2)n1)NC(=O)c1ccc(C(=O)NCc2cccc(O)c2)cc1Br. The molecule has 5 N–H and O–H groups in total. The van der Waals surface area contributed by atoms with E-state index < -0.39 is 11.9 Å². The first kappa shape index (κ1) is 26.3. The average molecular weight is 586 g/mol. The van der Waals surface area contributed by atoms with Gasteiger partial charge < -0.3 is 31.1 Å². The summed E-state index contributed by atoms with van der Waals surface area (Å²) in [6.07, 6.45) is 1.32. The molecule has 0 spiro atoms. The molecule has 0 radical (unpaired) electrons. The Labute approximate surface area is 225 Å². The van der Waals surface area contributed by atoms with Crippen LogP contribution in [0.15, 0.2) is 58.0 Å². The lowest BCUT2D eigenvalue weighted by Crippen LogP contribution is -2.43. The van der Waals surface area contributed by atoms with Gasteiger partial charge in [-0.3, -0.25) is 9.59 Å². The maximum atomic E-state index is 12.8. The van der Waals surface area contributed by atoms with Crippen molar-refractivity contribution in [3.63, 3.8) is 0 Å². The fourth-order valence-corrected chi connectivity index (χ4v) is 5.02. The van der Waals surface area contributed by atoms with E-state index in [1.54, 1.807) is 29.6 Å². The highest BCUT2D eigenvalue weighted by molar-refractivity contribution is 9.10. The second-order valence-corrected chi connectivity index (χ2v) is 9.85. The van der Waals surface area contributed by atoms with Gasteiger partial charge in [0.05, 0.1) is 11.3 Å². The number of thiazole rings is 1. The number of benzene rings is 2. The summed E-state index contributed by atoms with van der Waals surface area (Å²) in [5.74, 6) is -2.21. The summed E-state index contributed by atoms with van der Waals surface area (Å²) >= 11 is 4.71. The number of phenols is 1. The van der Waals surface area contributed by atoms with Gasteiger partial charge >= 0.3 is 5.97 Å². The second-order valence-electron chi connectivity index (χ2n) is 8.16. The lowest BCUT2D eigenvalue weighted by Gasteiger charge is -2.26. The summed E-state index contributed by atoms with van der Waals surface area (Å²) < 4.78 is 0.328. The first-order valence-electron chi connectivity index (χ1n) is 11.3. The molecule has 0 aliphatic carbocycles. The van der Waals surface area contributed by atoms with Crippen LogP contribution in [0.5, 0.6) is 5.75 Å². The van der Waals surface area contributed by atoms with Crippen LogP contribution in [0.4, 0.5) is 5.13 Å². The van der Waals surface area contributed by atoms with Crippen molar-refractivity contribution in [2.75, 3.05) is 31.1 Å². The predicted octanol–water partition coefficient (Wildman–Crippen LogP) is 2.81. The number of hydrogen-bond acceptors (Lipinski definition) is 8. The van der Waals surface area contributed by atoms with Crippen LogP contribution in [-0.2, 0) is 11.3 Å². The molecular formula is C25H24BrN5O5S. The highest BCUT2D eigenvalue weighted by atomic mass is 79.9. The minimum atomic E-state index is -1.30. The number of nitrogens with zero attached hydrogens (tertiary/aromatic N) is 2. The summed E-state index contributed by atoms with van der Waals surface area (Å²) in [6.45, 7) is 3.56. The number of halogens is 1. The molecule has 0 unspecified atom stereocenters. The second kappa shape index (κ2) is 12.0. The summed E-state index contributed by atoms with van der Waals surface area (Å²) in [7, 11) is 0. The molecule has 1 saturated heterocycles. The Morgan fingerprint density at radius 3 is 2.62 bits per heavy atom. The number of carbonyl (C=O) groups is 3. The van der Waals surface area contributed by atoms with Crippen molar-refractivity contribution in [1.29, 1.82) is 0 Å². The number of piperazine rings is 1. The van der Waals surface area contributed by atoms with E-state index in [0.29, 0.717) is 15.7 Å². The highest BCUT2D eigenvalue weighted by Crippen LogP contribution is 2.23. The molecule has 0 atom stereocenters. The smallest absolute Gasteiger partial charge is 0.352 e. The fraction of sp³-hybridized carbons (Fsp3) is 0.200. The molecule has 37 heavy (non-hydrogen) atoms. The number of carboxylic acids is 1. The minimum Gasteiger partial charge on any atom is -0.508 e. The first-order chi connectivity index (χ1) is 17.8. The van der Waals surface area contributed by atoms with E-state index in [9.17, 15) is 24.6 Å². The Morgan fingerprint density at radius 2 is 1.92 bits per heavy atom. The van der Waals surface area contributed by atoms with Crippen LogP contribution >= 0.6 is 27.3 Å². The summed E-state index contributed by atoms with van der Waals surface area (Å²) in [5, 5.41) is 30.2. The molecule has 0 saturated carbocycles. The molecule has 1 fully saturated rings. The maximum absolute atomic E-state index is 12.8. The van der Waals surface area contributed by atoms with Gasteiger partial charge in [0.2, 0.25) is 0 Å². The Kier molecular flexibility index (Phi) is 8.54. The van der Waals surface area contributed by atoms with Crippen LogP contribution < -0.4 is 20.9 Å². The molecular weight excluding hydrogens is 562 g/mol. The van der Waals surface area contributed by atoms with E-state index in [2.05, 4.69) is 41.8 Å². The largest absolute Gasteiger partial charge is 0.508 e. The number of rotatable bonds is 8. The lowest BCUT2D eigenvalue weighted by molar-refractivity contribution is -0.132. The quantitative estimate of drug-likeness (QED) is 0.254. The molecule has 192 valence electrons. The van der Waals surface area contributed by atoms with Crippen molar-refractivity contribution < 1.29 is 24.6 Å². The first-order valence-corrected chi connectivity index (χ1v) is 13.0. The van der Waals surface area contributed by atoms with Gasteiger partial charge in [0.15, 0.2) is 5.13 Å². The van der Waals surface area contributed by atoms with Gasteiger partial charge in [-0.15, -0.1) is 11.3 Å². The monoisotopic (exact) mass is 585 g/mol. The lowest BCUT2D eigenvalue weighted by atomic mass is 10.1. The number of carbonyl (C=O) groups excluding carboxylic acids is 2. The number of anilines is 1. The van der Waals surface area contributed by atoms with E-state index >= 15 is 0 Å². The number of hydrogen-bond donors (Lipinski definition) is 5. The van der Waals surface area contributed by atoms with Gasteiger partial charge in [-0.05, 0) is 57.9 Å². The van der Waals surface area contributed by atoms with Gasteiger partial charge in [-0.2, -0.15) is 0 Å². The zero-order chi connectivity index (χ0) is 26.4. The molecule has 1 aliphatic rings. The zero-order valence-corrected chi connectivity index (χ0v) is 21.9. The molecule has 2 amide bonds. The molecule has 1 aromatic heterocycles. The van der Waals surface area contributed by atoms with E-state index in [1.165, 1.54) is 35.6 Å². The van der Waals surface area contributed by atoms with E-state index in [-0.39, 0.29) is 29.5 Å². The maximum Gasteiger partial charge on any atom is 0.352 e. The third kappa shape index (κ3) is 6.94. The molecule has 3 aromatic rings. The molecule has 0 bridgehead atoms. The van der Waals surface area contributed by atoms with Gasteiger partial charge in [0, 0.05) is 48.1 Å². The number of nitrogens with one attached hydrogen (secondary N) is 3. The summed E-state index contributed by atoms with van der Waals surface area (Å²) in [6, 6.07) is 10.9. The number of carboxylic acid groups (broad SMARTS) is 1. The number of aliphatic carboxylic acids is 1. The number of aromatic nitrogens is 1. The average Bonchev–Trinajstić information content (AvgIpc) is 3.36. The van der Waals surface area contributed by atoms with Crippen LogP contribution in [0.25, 0.3) is 6.08 Å². The number of phenolic OH excluding ortho intramolecular Hbond substituents is 1. The van der Waals surface area contributed by atoms with Crippen molar-refractivity contribution in [2.24, 2.45) is 0 Å². The van der Waals surface area contributed by atoms with E-state index in [4.69, 9.17) is 0 Å². The Bertz CT molecular complexity index is 1350. The summed E-state index contributed by atoms with van der Waals surface area (Å²) in [4.78, 5) is 43.8. The fourth-order valence-electron chi connectivity index (χ4n) is 3.62. The third-order valence-corrected chi connectivity index (χ3v) is 7.08. The van der Waals surface area contributed by atoms with Crippen molar-refractivity contribution in [2.45, 2.75) is 6.54 Å². The number of aromatic hydroxyl groups is 1. The Balaban J connectivity index is 1.42. The molecule has 12 heteroatoms. The topological polar surface area (TPSA) is 144 Å². The Hall–Kier alpha value is -3.74. The van der Waals surface area contributed by atoms with Gasteiger partial charge in [0.1, 0.15) is 11.4 Å². The Morgan fingerprint density at radius 1 is 1.14 bits per heavy atom. The van der Waals surface area contributed by atoms with Crippen molar-refractivity contribution in [1.82, 2.24) is 20.9 Å². The van der Waals surface area contributed by atoms with Crippen LogP contribution in [0, 0.1) is 0 Å². The molecule has 4 rings (SSSR count). The van der Waals surface area contributed by atoms with Gasteiger partial charge in [0.25, 0.3) is 11.8 Å². The molecule has 1 aliphatic heterocycles. The zero-order valence-electron chi connectivity index (χ0n) is 19.5. The highest BCUT2D eigenvalue weighted by Gasteiger charge is 2.19. The van der Waals surface area contributed by atoms with Crippen LogP contribution in [-0.4, -0.2) is 59.2 Å². The minimum absolute atomic E-state index is 0.106. The standard InChI is InChI=1S/C25H24BrN5O5S/c26-20-11-16(22(33)28-13-15-2-1-3-18(32)10-15)4-5-19(20)23(34)30-21(24(35)36)12-17-14-37-25(29-17)31-8-6-27-7-9-31/h1-5,10-12,14,27,32H,6-9,13H2,(H,28,33)(H,30,34)(H,35,36)/b21-12-. The molecule has 2 heterocycles. The van der Waals surface area contributed by atoms with Gasteiger partial charge in [-0.1, -0.05) is 12.1 Å². The van der Waals surface area contributed by atoms with Crippen LogP contribution in [0.3, 0.4) is 0 Å². The third-order valence-electron chi connectivity index (χ3n) is 5.51. The number of amides is 2. The van der Waals surface area contributed by atoms with Crippen molar-refractivity contribution in [3.8, 4) is 5.75 Å². The molecule has 10 nitrogen and oxygen atoms in total. The van der Waals surface area contributed by atoms with Crippen molar-refractivity contribution in [3.05, 3.63) is 80.4 Å². The van der Waals surface area contributed by atoms with Crippen molar-refractivity contribution >= 4 is 56.3 Å². The van der Waals surface area contributed by atoms with E-state index in [1.807, 2.05) is 0 Å². The predicted molar refractivity (Wildman–Crippen MR) is 144 cm³/mol. The molecule has 2 aromatic carbocycles. The normalized spacial score (nSPS) is 13.8. The summed E-state index contributed by atoms with van der Waals surface area (Å²) in [5.41, 5.74) is 1.32. The van der Waals surface area contributed by atoms with Crippen LogP contribution in [0.2, 0.25) is 0 Å².